The van der Waals surface area contributed by atoms with E-state index in [-0.39, 0.29) is 19.1 Å². The highest BCUT2D eigenvalue weighted by atomic mass is 79.9. The van der Waals surface area contributed by atoms with Crippen LogP contribution in [0.2, 0.25) is 5.02 Å². The lowest BCUT2D eigenvalue weighted by Gasteiger charge is -2.23. The van der Waals surface area contributed by atoms with Crippen molar-refractivity contribution in [2.75, 3.05) is 26.4 Å². The predicted octanol–water partition coefficient (Wildman–Crippen LogP) is 4.49. The van der Waals surface area contributed by atoms with E-state index in [2.05, 4.69) is 26.8 Å². The summed E-state index contributed by atoms with van der Waals surface area (Å²) in [4.78, 5) is 18.3. The molecule has 1 aliphatic rings. The minimum atomic E-state index is -1.12. The standard InChI is InChI=1S/C28H29BrClN3O4/c29-23-9-5-21(6-10-23)18-28(27(35)33-31-14-13-20-3-1-4-24(30)17-20)19-37-26(32-28)22-7-11-25(12-8-22)36-16-2-15-34/h1,3-12,17,31,34H,2,13-16,18-19H2,(H,33,35)/t28-/m0/s1. The summed E-state index contributed by atoms with van der Waals surface area (Å²) in [6.07, 6.45) is 1.66. The molecule has 3 aromatic rings. The van der Waals surface area contributed by atoms with Crippen LogP contribution < -0.4 is 15.6 Å². The fraction of sp³-hybridized carbons (Fsp3) is 0.286. The summed E-state index contributed by atoms with van der Waals surface area (Å²) in [5.41, 5.74) is 7.54. The molecule has 1 heterocycles. The first kappa shape index (κ1) is 27.1. The van der Waals surface area contributed by atoms with Crippen molar-refractivity contribution < 1.29 is 19.4 Å². The SMILES string of the molecule is O=C(NNCCc1cccc(Cl)c1)[C@]1(Cc2ccc(Br)cc2)COC(c2ccc(OCCCO)cc2)=N1. The number of ether oxygens (including phenoxy) is 2. The van der Waals surface area contributed by atoms with Crippen LogP contribution in [0.1, 0.15) is 23.1 Å². The number of hydrogen-bond donors (Lipinski definition) is 3. The van der Waals surface area contributed by atoms with Crippen molar-refractivity contribution in [1.29, 1.82) is 0 Å². The van der Waals surface area contributed by atoms with Crippen LogP contribution in [0, 0.1) is 0 Å². The highest BCUT2D eigenvalue weighted by Gasteiger charge is 2.44. The fourth-order valence-electron chi connectivity index (χ4n) is 3.93. The van der Waals surface area contributed by atoms with Crippen LogP contribution >= 0.6 is 27.5 Å². The number of nitrogens with zero attached hydrogens (tertiary/aromatic N) is 1. The number of aliphatic hydroxyl groups is 1. The zero-order chi connectivity index (χ0) is 26.1. The lowest BCUT2D eigenvalue weighted by Crippen LogP contribution is -2.53. The Morgan fingerprint density at radius 2 is 1.89 bits per heavy atom. The smallest absolute Gasteiger partial charge is 0.266 e. The second-order valence-corrected chi connectivity index (χ2v) is 10.1. The van der Waals surface area contributed by atoms with E-state index < -0.39 is 5.54 Å². The van der Waals surface area contributed by atoms with Crippen molar-refractivity contribution in [3.8, 4) is 5.75 Å². The average Bonchev–Trinajstić information content (AvgIpc) is 3.34. The quantitative estimate of drug-likeness (QED) is 0.215. The van der Waals surface area contributed by atoms with Crippen LogP contribution in [0.5, 0.6) is 5.75 Å². The number of hydrogen-bond acceptors (Lipinski definition) is 6. The van der Waals surface area contributed by atoms with Gasteiger partial charge in [0.05, 0.1) is 6.61 Å². The molecule has 194 valence electrons. The summed E-state index contributed by atoms with van der Waals surface area (Å²) >= 11 is 9.52. The summed E-state index contributed by atoms with van der Waals surface area (Å²) in [7, 11) is 0. The van der Waals surface area contributed by atoms with Gasteiger partial charge in [0.25, 0.3) is 5.91 Å². The van der Waals surface area contributed by atoms with Gasteiger partial charge in [0.1, 0.15) is 12.4 Å². The van der Waals surface area contributed by atoms with Crippen LogP contribution in [0.25, 0.3) is 0 Å². The molecule has 0 aromatic heterocycles. The Labute approximate surface area is 230 Å². The van der Waals surface area contributed by atoms with E-state index in [1.807, 2.05) is 72.8 Å². The maximum Gasteiger partial charge on any atom is 0.266 e. The molecule has 3 N–H and O–H groups in total. The fourth-order valence-corrected chi connectivity index (χ4v) is 4.41. The van der Waals surface area contributed by atoms with Gasteiger partial charge < -0.3 is 14.6 Å². The van der Waals surface area contributed by atoms with E-state index >= 15 is 0 Å². The van der Waals surface area contributed by atoms with Gasteiger partial charge in [-0.1, -0.05) is 51.8 Å². The van der Waals surface area contributed by atoms with Crippen LogP contribution in [0.15, 0.2) is 82.3 Å². The van der Waals surface area contributed by atoms with Crippen LogP contribution in [-0.4, -0.2) is 48.8 Å². The molecular formula is C28H29BrClN3O4. The second kappa shape index (κ2) is 13.1. The Bertz CT molecular complexity index is 1220. The van der Waals surface area contributed by atoms with Crippen LogP contribution in [0.4, 0.5) is 0 Å². The molecule has 0 bridgehead atoms. The number of hydrazine groups is 1. The minimum absolute atomic E-state index is 0.0840. The summed E-state index contributed by atoms with van der Waals surface area (Å²) in [5, 5.41) is 9.60. The van der Waals surface area contributed by atoms with Gasteiger partial charge in [-0.3, -0.25) is 10.2 Å². The summed E-state index contributed by atoms with van der Waals surface area (Å²) in [6, 6.07) is 22.8. The molecule has 7 nitrogen and oxygen atoms in total. The lowest BCUT2D eigenvalue weighted by molar-refractivity contribution is -0.127. The van der Waals surface area contributed by atoms with Crippen molar-refractivity contribution >= 4 is 39.3 Å². The van der Waals surface area contributed by atoms with Gasteiger partial charge in [0, 0.05) is 41.1 Å². The van der Waals surface area contributed by atoms with Crippen LogP contribution in [0.3, 0.4) is 0 Å². The normalized spacial score (nSPS) is 16.7. The third-order valence-electron chi connectivity index (χ3n) is 5.90. The molecule has 1 aliphatic heterocycles. The molecular weight excluding hydrogens is 558 g/mol. The largest absolute Gasteiger partial charge is 0.494 e. The van der Waals surface area contributed by atoms with Gasteiger partial charge in [-0.2, -0.15) is 0 Å². The number of carbonyl (C=O) groups excluding carboxylic acids is 1. The molecule has 0 fully saturated rings. The third kappa shape index (κ3) is 7.55. The number of aliphatic imine (C=N–C) groups is 1. The molecule has 4 rings (SSSR count). The number of rotatable bonds is 12. The van der Waals surface area contributed by atoms with E-state index in [1.54, 1.807) is 0 Å². The molecule has 37 heavy (non-hydrogen) atoms. The maximum atomic E-state index is 13.5. The highest BCUT2D eigenvalue weighted by molar-refractivity contribution is 9.10. The van der Waals surface area contributed by atoms with E-state index in [9.17, 15) is 4.79 Å². The van der Waals surface area contributed by atoms with Crippen molar-refractivity contribution in [3.63, 3.8) is 0 Å². The lowest BCUT2D eigenvalue weighted by atomic mass is 9.91. The van der Waals surface area contributed by atoms with Gasteiger partial charge in [0.2, 0.25) is 5.90 Å². The molecule has 0 spiro atoms. The molecule has 0 aliphatic carbocycles. The van der Waals surface area contributed by atoms with Gasteiger partial charge in [-0.25, -0.2) is 10.4 Å². The Kier molecular flexibility index (Phi) is 9.57. The summed E-state index contributed by atoms with van der Waals surface area (Å²) in [6.45, 7) is 1.18. The summed E-state index contributed by atoms with van der Waals surface area (Å²) < 4.78 is 12.5. The van der Waals surface area contributed by atoms with E-state index in [0.29, 0.717) is 49.1 Å². The van der Waals surface area contributed by atoms with Crippen molar-refractivity contribution in [3.05, 3.63) is 99.0 Å². The molecule has 0 unspecified atom stereocenters. The van der Waals surface area contributed by atoms with Gasteiger partial charge in [-0.15, -0.1) is 0 Å². The number of nitrogens with one attached hydrogen (secondary N) is 2. The monoisotopic (exact) mass is 585 g/mol. The zero-order valence-corrected chi connectivity index (χ0v) is 22.6. The van der Waals surface area contributed by atoms with E-state index in [1.165, 1.54) is 0 Å². The minimum Gasteiger partial charge on any atom is -0.494 e. The molecule has 9 heteroatoms. The molecule has 1 amide bonds. The Morgan fingerprint density at radius 3 is 2.62 bits per heavy atom. The van der Waals surface area contributed by atoms with Crippen molar-refractivity contribution in [2.45, 2.75) is 24.8 Å². The molecule has 0 saturated carbocycles. The number of benzene rings is 3. The zero-order valence-electron chi connectivity index (χ0n) is 20.3. The van der Waals surface area contributed by atoms with Crippen molar-refractivity contribution in [2.24, 2.45) is 4.99 Å². The molecule has 0 radical (unpaired) electrons. The number of aliphatic hydroxyl groups excluding tert-OH is 1. The van der Waals surface area contributed by atoms with Crippen molar-refractivity contribution in [1.82, 2.24) is 10.9 Å². The molecule has 1 atom stereocenters. The second-order valence-electron chi connectivity index (χ2n) is 8.75. The maximum absolute atomic E-state index is 13.5. The molecule has 0 saturated heterocycles. The summed E-state index contributed by atoms with van der Waals surface area (Å²) in [5.74, 6) is 0.840. The average molecular weight is 587 g/mol. The van der Waals surface area contributed by atoms with Gasteiger partial charge in [0.15, 0.2) is 5.54 Å². The topological polar surface area (TPSA) is 92.2 Å². The van der Waals surface area contributed by atoms with Gasteiger partial charge in [-0.05, 0) is 66.1 Å². The first-order valence-electron chi connectivity index (χ1n) is 12.1. The third-order valence-corrected chi connectivity index (χ3v) is 6.66. The number of amides is 1. The highest BCUT2D eigenvalue weighted by Crippen LogP contribution is 2.28. The van der Waals surface area contributed by atoms with E-state index in [4.69, 9.17) is 31.2 Å². The first-order chi connectivity index (χ1) is 18.0. The number of halogens is 2. The van der Waals surface area contributed by atoms with Crippen LogP contribution in [-0.2, 0) is 22.4 Å². The van der Waals surface area contributed by atoms with E-state index in [0.717, 1.165) is 21.2 Å². The Hall–Kier alpha value is -2.91. The molecule has 3 aromatic carbocycles. The Balaban J connectivity index is 1.46. The Morgan fingerprint density at radius 1 is 1.11 bits per heavy atom. The predicted molar refractivity (Wildman–Crippen MR) is 148 cm³/mol. The number of carbonyl (C=O) groups is 1. The van der Waals surface area contributed by atoms with Gasteiger partial charge >= 0.3 is 0 Å². The first-order valence-corrected chi connectivity index (χ1v) is 13.2.